The van der Waals surface area contributed by atoms with Crippen molar-refractivity contribution in [2.45, 2.75) is 0 Å². The van der Waals surface area contributed by atoms with Crippen LogP contribution in [0, 0.1) is 11.6 Å². The molecular formula is C14H8F2N2O. The maximum absolute atomic E-state index is 13.3. The summed E-state index contributed by atoms with van der Waals surface area (Å²) in [6, 6.07) is 9.92. The molecule has 0 aliphatic carbocycles. The van der Waals surface area contributed by atoms with E-state index in [4.69, 9.17) is 0 Å². The molecule has 0 bridgehead atoms. The van der Waals surface area contributed by atoms with E-state index >= 15 is 0 Å². The Labute approximate surface area is 106 Å². The fraction of sp³-hybridized carbons (Fsp3) is 0. The Morgan fingerprint density at radius 2 is 1.58 bits per heavy atom. The summed E-state index contributed by atoms with van der Waals surface area (Å²) in [5.74, 6) is -1.38. The number of aromatic nitrogens is 2. The Bertz CT molecular complexity index is 807. The van der Waals surface area contributed by atoms with Crippen LogP contribution in [0.4, 0.5) is 8.78 Å². The lowest BCUT2D eigenvalue weighted by Gasteiger charge is -2.05. The fourth-order valence-electron chi connectivity index (χ4n) is 2.03. The number of hydrogen-bond donors (Lipinski definition) is 1. The van der Waals surface area contributed by atoms with Gasteiger partial charge in [0.05, 0.1) is 11.1 Å². The molecule has 0 aliphatic rings. The van der Waals surface area contributed by atoms with Crippen LogP contribution >= 0.6 is 0 Å². The first-order valence-corrected chi connectivity index (χ1v) is 5.59. The summed E-state index contributed by atoms with van der Waals surface area (Å²) in [6.07, 6.45) is 0. The summed E-state index contributed by atoms with van der Waals surface area (Å²) in [5.41, 5.74) is 0.287. The molecular weight excluding hydrogens is 250 g/mol. The van der Waals surface area contributed by atoms with Gasteiger partial charge in [0, 0.05) is 17.0 Å². The first kappa shape index (κ1) is 11.5. The average Bonchev–Trinajstić information content (AvgIpc) is 2.38. The number of nitrogens with zero attached hydrogens (tertiary/aromatic N) is 1. The van der Waals surface area contributed by atoms with Gasteiger partial charge in [0.1, 0.15) is 11.6 Å². The molecule has 0 radical (unpaired) electrons. The molecule has 19 heavy (non-hydrogen) atoms. The van der Waals surface area contributed by atoms with Crippen LogP contribution in [0.1, 0.15) is 0 Å². The monoisotopic (exact) mass is 258 g/mol. The molecule has 0 spiro atoms. The number of aromatic amines is 1. The zero-order valence-corrected chi connectivity index (χ0v) is 9.65. The number of rotatable bonds is 1. The second kappa shape index (κ2) is 4.28. The lowest BCUT2D eigenvalue weighted by Crippen LogP contribution is -2.09. The number of nitrogens with one attached hydrogen (secondary N) is 1. The third-order valence-electron chi connectivity index (χ3n) is 2.83. The molecule has 0 amide bonds. The van der Waals surface area contributed by atoms with Crippen LogP contribution in [0.15, 0.2) is 47.3 Å². The minimum atomic E-state index is -0.688. The number of hydrogen-bond acceptors (Lipinski definition) is 2. The molecule has 1 aromatic heterocycles. The molecule has 94 valence electrons. The minimum Gasteiger partial charge on any atom is -0.267 e. The molecule has 0 unspecified atom stereocenters. The smallest absolute Gasteiger partial charge is 0.267 e. The second-order valence-corrected chi connectivity index (χ2v) is 4.11. The summed E-state index contributed by atoms with van der Waals surface area (Å²) < 4.78 is 26.5. The van der Waals surface area contributed by atoms with E-state index in [1.165, 1.54) is 12.1 Å². The summed E-state index contributed by atoms with van der Waals surface area (Å²) in [5, 5.41) is 7.20. The van der Waals surface area contributed by atoms with Crippen molar-refractivity contribution in [1.29, 1.82) is 0 Å². The normalized spacial score (nSPS) is 10.8. The van der Waals surface area contributed by atoms with Crippen LogP contribution in [0.25, 0.3) is 22.0 Å². The van der Waals surface area contributed by atoms with Crippen LogP contribution in [0.3, 0.4) is 0 Å². The van der Waals surface area contributed by atoms with E-state index in [0.29, 0.717) is 16.5 Å². The standard InChI is InChI=1S/C14H8F2N2O/c15-9-5-8(6-10(16)7-9)13-11-3-1-2-4-12(11)14(19)18-17-13/h1-7H,(H,18,19). The van der Waals surface area contributed by atoms with Crippen LogP contribution in [0.5, 0.6) is 0 Å². The van der Waals surface area contributed by atoms with Crippen molar-refractivity contribution in [3.8, 4) is 11.3 Å². The van der Waals surface area contributed by atoms with Crippen LogP contribution in [0.2, 0.25) is 0 Å². The highest BCUT2D eigenvalue weighted by molar-refractivity contribution is 5.93. The molecule has 0 atom stereocenters. The van der Waals surface area contributed by atoms with Crippen molar-refractivity contribution in [3.05, 3.63) is 64.5 Å². The van der Waals surface area contributed by atoms with Gasteiger partial charge in [0.25, 0.3) is 5.56 Å². The van der Waals surface area contributed by atoms with E-state index in [1.54, 1.807) is 24.3 Å². The highest BCUT2D eigenvalue weighted by Crippen LogP contribution is 2.25. The Morgan fingerprint density at radius 1 is 0.947 bits per heavy atom. The van der Waals surface area contributed by atoms with Gasteiger partial charge >= 0.3 is 0 Å². The summed E-state index contributed by atoms with van der Waals surface area (Å²) >= 11 is 0. The van der Waals surface area contributed by atoms with Crippen molar-refractivity contribution < 1.29 is 8.78 Å². The van der Waals surface area contributed by atoms with Crippen molar-refractivity contribution in [3.63, 3.8) is 0 Å². The van der Waals surface area contributed by atoms with E-state index in [0.717, 1.165) is 6.07 Å². The van der Waals surface area contributed by atoms with Crippen molar-refractivity contribution in [1.82, 2.24) is 10.2 Å². The van der Waals surface area contributed by atoms with Crippen LogP contribution in [-0.4, -0.2) is 10.2 Å². The summed E-state index contributed by atoms with van der Waals surface area (Å²) in [6.45, 7) is 0. The van der Waals surface area contributed by atoms with Gasteiger partial charge in [0.2, 0.25) is 0 Å². The maximum atomic E-state index is 13.3. The molecule has 3 rings (SSSR count). The van der Waals surface area contributed by atoms with Crippen molar-refractivity contribution in [2.24, 2.45) is 0 Å². The highest BCUT2D eigenvalue weighted by Gasteiger charge is 2.10. The first-order chi connectivity index (χ1) is 9.15. The quantitative estimate of drug-likeness (QED) is 0.729. The predicted octanol–water partition coefficient (Wildman–Crippen LogP) is 2.87. The topological polar surface area (TPSA) is 45.8 Å². The predicted molar refractivity (Wildman–Crippen MR) is 67.7 cm³/mol. The van der Waals surface area contributed by atoms with Gasteiger partial charge in [-0.1, -0.05) is 18.2 Å². The molecule has 0 saturated heterocycles. The Kier molecular flexibility index (Phi) is 2.59. The first-order valence-electron chi connectivity index (χ1n) is 5.59. The average molecular weight is 258 g/mol. The largest absolute Gasteiger partial charge is 0.272 e. The van der Waals surface area contributed by atoms with Gasteiger partial charge in [-0.3, -0.25) is 4.79 Å². The Morgan fingerprint density at radius 3 is 2.26 bits per heavy atom. The molecule has 0 aliphatic heterocycles. The summed E-state index contributed by atoms with van der Waals surface area (Å²) in [4.78, 5) is 11.6. The van der Waals surface area contributed by atoms with E-state index in [2.05, 4.69) is 10.2 Å². The molecule has 3 nitrogen and oxygen atoms in total. The fourth-order valence-corrected chi connectivity index (χ4v) is 2.03. The molecule has 0 fully saturated rings. The van der Waals surface area contributed by atoms with E-state index < -0.39 is 11.6 Å². The third-order valence-corrected chi connectivity index (χ3v) is 2.83. The van der Waals surface area contributed by atoms with Crippen LogP contribution < -0.4 is 5.56 Å². The van der Waals surface area contributed by atoms with Gasteiger partial charge in [-0.2, -0.15) is 5.10 Å². The van der Waals surface area contributed by atoms with Gasteiger partial charge in [-0.15, -0.1) is 0 Å². The minimum absolute atomic E-state index is 0.282. The molecule has 0 saturated carbocycles. The maximum Gasteiger partial charge on any atom is 0.272 e. The summed E-state index contributed by atoms with van der Waals surface area (Å²) in [7, 11) is 0. The van der Waals surface area contributed by atoms with Crippen LogP contribution in [-0.2, 0) is 0 Å². The Balaban J connectivity index is 2.37. The number of halogens is 2. The highest BCUT2D eigenvalue weighted by atomic mass is 19.1. The van der Waals surface area contributed by atoms with Gasteiger partial charge in [-0.25, -0.2) is 13.9 Å². The van der Waals surface area contributed by atoms with Gasteiger partial charge < -0.3 is 0 Å². The number of H-pyrrole nitrogens is 1. The van der Waals surface area contributed by atoms with Crippen molar-refractivity contribution in [2.75, 3.05) is 0 Å². The van der Waals surface area contributed by atoms with E-state index in [1.807, 2.05) is 0 Å². The molecule has 1 N–H and O–H groups in total. The molecule has 2 aromatic carbocycles. The molecule has 5 heteroatoms. The van der Waals surface area contributed by atoms with Gasteiger partial charge in [-0.05, 0) is 18.2 Å². The van der Waals surface area contributed by atoms with E-state index in [-0.39, 0.29) is 11.1 Å². The van der Waals surface area contributed by atoms with Crippen molar-refractivity contribution >= 4 is 10.8 Å². The number of fused-ring (bicyclic) bond motifs is 1. The molecule has 1 heterocycles. The SMILES string of the molecule is O=c1[nH]nc(-c2cc(F)cc(F)c2)c2ccccc12. The third kappa shape index (κ3) is 1.99. The zero-order valence-electron chi connectivity index (χ0n) is 9.65. The van der Waals surface area contributed by atoms with Gasteiger partial charge in [0.15, 0.2) is 0 Å². The zero-order chi connectivity index (χ0) is 13.4. The Hall–Kier alpha value is -2.56. The van der Waals surface area contributed by atoms with E-state index in [9.17, 15) is 13.6 Å². The number of benzene rings is 2. The second-order valence-electron chi connectivity index (χ2n) is 4.11. The lowest BCUT2D eigenvalue weighted by molar-refractivity contribution is 0.584. The lowest BCUT2D eigenvalue weighted by atomic mass is 10.0. The molecule has 3 aromatic rings.